The molecule has 0 aliphatic rings. The van der Waals surface area contributed by atoms with Crippen LogP contribution in [-0.4, -0.2) is 22.2 Å². The van der Waals surface area contributed by atoms with Crippen LogP contribution in [-0.2, 0) is 11.2 Å². The van der Waals surface area contributed by atoms with Crippen LogP contribution in [0.5, 0.6) is 5.75 Å². The average Bonchev–Trinajstić information content (AvgIpc) is 2.40. The van der Waals surface area contributed by atoms with E-state index in [9.17, 15) is 9.90 Å². The largest absolute Gasteiger partial charge is 0.508 e. The summed E-state index contributed by atoms with van der Waals surface area (Å²) in [5.74, 6) is -0.898. The van der Waals surface area contributed by atoms with E-state index in [1.54, 1.807) is 36.4 Å². The fraction of sp³-hybridized carbons (Fsp3) is 0.133. The summed E-state index contributed by atoms with van der Waals surface area (Å²) in [6.45, 7) is 0. The van der Waals surface area contributed by atoms with Crippen molar-refractivity contribution in [2.75, 3.05) is 0 Å². The van der Waals surface area contributed by atoms with Crippen molar-refractivity contribution in [2.24, 2.45) is 5.73 Å². The molecule has 0 aromatic heterocycles. The van der Waals surface area contributed by atoms with E-state index in [2.05, 4.69) is 0 Å². The molecule has 2 aromatic carbocycles. The van der Waals surface area contributed by atoms with Crippen molar-refractivity contribution < 1.29 is 15.0 Å². The number of carbonyl (C=O) groups is 1. The lowest BCUT2D eigenvalue weighted by Gasteiger charge is -2.10. The third-order valence-electron chi connectivity index (χ3n) is 2.96. The molecule has 0 saturated heterocycles. The van der Waals surface area contributed by atoms with Gasteiger partial charge in [-0.25, -0.2) is 0 Å². The van der Waals surface area contributed by atoms with Gasteiger partial charge >= 0.3 is 5.97 Å². The number of aromatic hydroxyl groups is 1. The highest BCUT2D eigenvalue weighted by molar-refractivity contribution is 6.33. The van der Waals surface area contributed by atoms with Crippen LogP contribution in [0.3, 0.4) is 0 Å². The van der Waals surface area contributed by atoms with Gasteiger partial charge in [0.15, 0.2) is 0 Å². The first-order chi connectivity index (χ1) is 9.47. The lowest BCUT2D eigenvalue weighted by molar-refractivity contribution is -0.138. The molecule has 1 unspecified atom stereocenters. The first-order valence-corrected chi connectivity index (χ1v) is 6.41. The van der Waals surface area contributed by atoms with Crippen molar-refractivity contribution in [1.82, 2.24) is 0 Å². The van der Waals surface area contributed by atoms with E-state index >= 15 is 0 Å². The fourth-order valence-electron chi connectivity index (χ4n) is 1.94. The van der Waals surface area contributed by atoms with Crippen LogP contribution in [0.4, 0.5) is 0 Å². The van der Waals surface area contributed by atoms with Gasteiger partial charge in [-0.15, -0.1) is 0 Å². The van der Waals surface area contributed by atoms with E-state index in [1.807, 2.05) is 6.07 Å². The van der Waals surface area contributed by atoms with Crippen molar-refractivity contribution in [1.29, 1.82) is 0 Å². The highest BCUT2D eigenvalue weighted by Gasteiger charge is 2.13. The van der Waals surface area contributed by atoms with Gasteiger partial charge in [0.25, 0.3) is 0 Å². The summed E-state index contributed by atoms with van der Waals surface area (Å²) in [5, 5.41) is 18.9. The molecular weight excluding hydrogens is 278 g/mol. The maximum atomic E-state index is 10.8. The summed E-state index contributed by atoms with van der Waals surface area (Å²) in [6.07, 6.45) is 0.221. The van der Waals surface area contributed by atoms with E-state index in [4.69, 9.17) is 22.4 Å². The van der Waals surface area contributed by atoms with Gasteiger partial charge in [0, 0.05) is 10.6 Å². The number of halogens is 1. The van der Waals surface area contributed by atoms with Crippen molar-refractivity contribution in [3.63, 3.8) is 0 Å². The number of carboxylic acids is 1. The molecule has 0 radical (unpaired) electrons. The van der Waals surface area contributed by atoms with Gasteiger partial charge < -0.3 is 15.9 Å². The minimum absolute atomic E-state index is 0.145. The van der Waals surface area contributed by atoms with Gasteiger partial charge in [-0.1, -0.05) is 29.8 Å². The first kappa shape index (κ1) is 14.4. The molecule has 0 amide bonds. The minimum atomic E-state index is -1.04. The van der Waals surface area contributed by atoms with Gasteiger partial charge in [0.05, 0.1) is 0 Å². The van der Waals surface area contributed by atoms with Crippen LogP contribution >= 0.6 is 11.6 Å². The molecule has 104 valence electrons. The molecule has 0 bridgehead atoms. The lowest BCUT2D eigenvalue weighted by Crippen LogP contribution is -2.32. The summed E-state index contributed by atoms with van der Waals surface area (Å²) in [4.78, 5) is 10.8. The Bertz CT molecular complexity index is 643. The number of hydrogen-bond acceptors (Lipinski definition) is 3. The van der Waals surface area contributed by atoms with Gasteiger partial charge in [-0.2, -0.15) is 0 Å². The Balaban J connectivity index is 2.36. The number of carboxylic acid groups (broad SMARTS) is 1. The number of benzene rings is 2. The Morgan fingerprint density at radius 1 is 1.25 bits per heavy atom. The Morgan fingerprint density at radius 2 is 2.00 bits per heavy atom. The van der Waals surface area contributed by atoms with E-state index < -0.39 is 12.0 Å². The molecule has 0 aliphatic carbocycles. The SMILES string of the molecule is NC(Cc1ccc(Cl)c(-c2cccc(O)c2)c1)C(=O)O. The van der Waals surface area contributed by atoms with Crippen LogP contribution in [0.2, 0.25) is 5.02 Å². The number of nitrogens with two attached hydrogens (primary N) is 1. The van der Waals surface area contributed by atoms with Crippen molar-refractivity contribution in [3.05, 3.63) is 53.1 Å². The highest BCUT2D eigenvalue weighted by Crippen LogP contribution is 2.31. The Morgan fingerprint density at radius 3 is 2.65 bits per heavy atom. The van der Waals surface area contributed by atoms with E-state index in [-0.39, 0.29) is 12.2 Å². The predicted octanol–water partition coefficient (Wildman–Crippen LogP) is 2.67. The van der Waals surface area contributed by atoms with Gasteiger partial charge in [0.1, 0.15) is 11.8 Å². The lowest BCUT2D eigenvalue weighted by atomic mass is 9.99. The summed E-state index contributed by atoms with van der Waals surface area (Å²) < 4.78 is 0. The summed E-state index contributed by atoms with van der Waals surface area (Å²) >= 11 is 6.15. The number of phenols is 1. The minimum Gasteiger partial charge on any atom is -0.508 e. The number of rotatable bonds is 4. The molecule has 0 heterocycles. The topological polar surface area (TPSA) is 83.5 Å². The molecule has 4 nitrogen and oxygen atoms in total. The molecular formula is C15H14ClNO3. The highest BCUT2D eigenvalue weighted by atomic mass is 35.5. The predicted molar refractivity (Wildman–Crippen MR) is 77.9 cm³/mol. The zero-order chi connectivity index (χ0) is 14.7. The van der Waals surface area contributed by atoms with Crippen LogP contribution in [0.25, 0.3) is 11.1 Å². The smallest absolute Gasteiger partial charge is 0.320 e. The molecule has 0 saturated carbocycles. The van der Waals surface area contributed by atoms with Crippen LogP contribution in [0.15, 0.2) is 42.5 Å². The third kappa shape index (κ3) is 3.29. The second-order valence-electron chi connectivity index (χ2n) is 4.51. The quantitative estimate of drug-likeness (QED) is 0.808. The molecule has 4 N–H and O–H groups in total. The Labute approximate surface area is 121 Å². The van der Waals surface area contributed by atoms with Crippen molar-refractivity contribution in [3.8, 4) is 16.9 Å². The fourth-order valence-corrected chi connectivity index (χ4v) is 2.16. The number of phenolic OH excluding ortho intramolecular Hbond substituents is 1. The molecule has 2 rings (SSSR count). The standard InChI is InChI=1S/C15H14ClNO3/c16-13-5-4-9(7-14(17)15(19)20)6-12(13)10-2-1-3-11(18)8-10/h1-6,8,14,18H,7,17H2,(H,19,20). The number of hydrogen-bond donors (Lipinski definition) is 3. The first-order valence-electron chi connectivity index (χ1n) is 6.03. The monoisotopic (exact) mass is 291 g/mol. The van der Waals surface area contributed by atoms with Crippen LogP contribution < -0.4 is 5.73 Å². The summed E-state index contributed by atoms with van der Waals surface area (Å²) in [6, 6.07) is 11.0. The van der Waals surface area contributed by atoms with E-state index in [0.29, 0.717) is 5.02 Å². The molecule has 0 spiro atoms. The van der Waals surface area contributed by atoms with Crippen molar-refractivity contribution >= 4 is 17.6 Å². The average molecular weight is 292 g/mol. The molecule has 1 atom stereocenters. The second-order valence-corrected chi connectivity index (χ2v) is 4.92. The van der Waals surface area contributed by atoms with E-state index in [1.165, 1.54) is 0 Å². The molecule has 2 aromatic rings. The maximum absolute atomic E-state index is 10.8. The third-order valence-corrected chi connectivity index (χ3v) is 3.29. The molecule has 20 heavy (non-hydrogen) atoms. The summed E-state index contributed by atoms with van der Waals surface area (Å²) in [5.41, 5.74) is 7.81. The maximum Gasteiger partial charge on any atom is 0.320 e. The zero-order valence-electron chi connectivity index (χ0n) is 10.6. The van der Waals surface area contributed by atoms with Gasteiger partial charge in [-0.05, 0) is 41.8 Å². The van der Waals surface area contributed by atoms with Gasteiger partial charge in [0.2, 0.25) is 0 Å². The molecule has 0 aliphatic heterocycles. The Hall–Kier alpha value is -2.04. The second kappa shape index (κ2) is 5.94. The molecule has 0 fully saturated rings. The number of aliphatic carboxylic acids is 1. The normalized spacial score (nSPS) is 12.1. The van der Waals surface area contributed by atoms with Crippen LogP contribution in [0, 0.1) is 0 Å². The van der Waals surface area contributed by atoms with Crippen molar-refractivity contribution in [2.45, 2.75) is 12.5 Å². The van der Waals surface area contributed by atoms with E-state index in [0.717, 1.165) is 16.7 Å². The Kier molecular flexibility index (Phi) is 4.27. The molecule has 5 heteroatoms. The van der Waals surface area contributed by atoms with Gasteiger partial charge in [-0.3, -0.25) is 4.79 Å². The summed E-state index contributed by atoms with van der Waals surface area (Å²) in [7, 11) is 0. The zero-order valence-corrected chi connectivity index (χ0v) is 11.3. The van der Waals surface area contributed by atoms with Crippen LogP contribution in [0.1, 0.15) is 5.56 Å².